The van der Waals surface area contributed by atoms with Crippen LogP contribution in [0.2, 0.25) is 0 Å². The lowest BCUT2D eigenvalue weighted by Gasteiger charge is -2.21. The molecule has 1 aliphatic rings. The molecule has 1 saturated heterocycles. The molecule has 2 heteroatoms. The molecule has 0 atom stereocenters. The van der Waals surface area contributed by atoms with E-state index in [2.05, 4.69) is 32.0 Å². The predicted octanol–water partition coefficient (Wildman–Crippen LogP) is 2.84. The molecule has 0 N–H and O–H groups in total. The van der Waals surface area contributed by atoms with Crippen molar-refractivity contribution < 1.29 is 9.53 Å². The van der Waals surface area contributed by atoms with Crippen LogP contribution >= 0.6 is 0 Å². The van der Waals surface area contributed by atoms with Gasteiger partial charge in [-0.3, -0.25) is 4.79 Å². The van der Waals surface area contributed by atoms with Gasteiger partial charge in [-0.15, -0.1) is 0 Å². The maximum atomic E-state index is 12.2. The molecule has 1 fully saturated rings. The second-order valence-electron chi connectivity index (χ2n) is 4.96. The van der Waals surface area contributed by atoms with E-state index in [9.17, 15) is 4.79 Å². The number of hydrogen-bond donors (Lipinski definition) is 0. The topological polar surface area (TPSA) is 26.3 Å². The third-order valence-corrected chi connectivity index (χ3v) is 3.55. The van der Waals surface area contributed by atoms with E-state index in [4.69, 9.17) is 4.74 Å². The molecule has 92 valence electrons. The molecular formula is C15H20O2. The van der Waals surface area contributed by atoms with Gasteiger partial charge in [-0.1, -0.05) is 23.8 Å². The normalized spacial score (nSPS) is 17.1. The zero-order valence-electron chi connectivity index (χ0n) is 10.7. The van der Waals surface area contributed by atoms with Crippen molar-refractivity contribution in [1.29, 1.82) is 0 Å². The molecule has 1 aliphatic heterocycles. The van der Waals surface area contributed by atoms with E-state index in [0.29, 0.717) is 12.2 Å². The van der Waals surface area contributed by atoms with E-state index >= 15 is 0 Å². The smallest absolute Gasteiger partial charge is 0.140 e. The van der Waals surface area contributed by atoms with Crippen LogP contribution in [-0.2, 0) is 16.0 Å². The summed E-state index contributed by atoms with van der Waals surface area (Å²) < 4.78 is 5.29. The van der Waals surface area contributed by atoms with Crippen LogP contribution in [0, 0.1) is 19.8 Å². The van der Waals surface area contributed by atoms with Crippen LogP contribution in [0.15, 0.2) is 18.2 Å². The highest BCUT2D eigenvalue weighted by atomic mass is 16.5. The molecule has 0 aliphatic carbocycles. The van der Waals surface area contributed by atoms with Gasteiger partial charge in [-0.2, -0.15) is 0 Å². The molecular weight excluding hydrogens is 212 g/mol. The number of aryl methyl sites for hydroxylation is 2. The molecule has 0 radical (unpaired) electrons. The summed E-state index contributed by atoms with van der Waals surface area (Å²) in [6.07, 6.45) is 2.37. The SMILES string of the molecule is Cc1ccc(C)c(CC(=O)C2CCOCC2)c1. The van der Waals surface area contributed by atoms with Crippen LogP contribution in [0.3, 0.4) is 0 Å². The van der Waals surface area contributed by atoms with Crippen molar-refractivity contribution >= 4 is 5.78 Å². The standard InChI is InChI=1S/C15H20O2/c1-11-3-4-12(2)14(9-11)10-15(16)13-5-7-17-8-6-13/h3-4,9,13H,5-8,10H2,1-2H3. The monoisotopic (exact) mass is 232 g/mol. The first-order valence-corrected chi connectivity index (χ1v) is 6.33. The van der Waals surface area contributed by atoms with E-state index in [0.717, 1.165) is 26.1 Å². The number of benzene rings is 1. The fourth-order valence-corrected chi connectivity index (χ4v) is 2.34. The average molecular weight is 232 g/mol. The Kier molecular flexibility index (Phi) is 3.95. The molecule has 0 aromatic heterocycles. The van der Waals surface area contributed by atoms with Gasteiger partial charge in [0.05, 0.1) is 0 Å². The Morgan fingerprint density at radius 3 is 2.71 bits per heavy atom. The molecule has 0 saturated carbocycles. The summed E-state index contributed by atoms with van der Waals surface area (Å²) in [5.74, 6) is 0.589. The molecule has 0 bridgehead atoms. The fourth-order valence-electron chi connectivity index (χ4n) is 2.34. The van der Waals surface area contributed by atoms with E-state index < -0.39 is 0 Å². The van der Waals surface area contributed by atoms with Crippen LogP contribution in [0.5, 0.6) is 0 Å². The third kappa shape index (κ3) is 3.16. The number of carbonyl (C=O) groups is 1. The van der Waals surface area contributed by atoms with Crippen molar-refractivity contribution in [2.24, 2.45) is 5.92 Å². The summed E-state index contributed by atoms with van der Waals surface area (Å²) in [7, 11) is 0. The van der Waals surface area contributed by atoms with E-state index in [1.807, 2.05) is 0 Å². The summed E-state index contributed by atoms with van der Waals surface area (Å²) in [4.78, 5) is 12.2. The maximum absolute atomic E-state index is 12.2. The Morgan fingerprint density at radius 1 is 1.29 bits per heavy atom. The van der Waals surface area contributed by atoms with Crippen LogP contribution in [0.25, 0.3) is 0 Å². The van der Waals surface area contributed by atoms with Crippen molar-refractivity contribution in [3.05, 3.63) is 34.9 Å². The van der Waals surface area contributed by atoms with Gasteiger partial charge in [0, 0.05) is 25.6 Å². The van der Waals surface area contributed by atoms with E-state index in [1.165, 1.54) is 16.7 Å². The number of carbonyl (C=O) groups excluding carboxylic acids is 1. The maximum Gasteiger partial charge on any atom is 0.140 e. The van der Waals surface area contributed by atoms with Crippen LogP contribution < -0.4 is 0 Å². The van der Waals surface area contributed by atoms with Crippen LogP contribution in [0.4, 0.5) is 0 Å². The molecule has 2 nitrogen and oxygen atoms in total. The highest BCUT2D eigenvalue weighted by molar-refractivity contribution is 5.83. The average Bonchev–Trinajstić information content (AvgIpc) is 2.35. The quantitative estimate of drug-likeness (QED) is 0.801. The molecule has 0 amide bonds. The van der Waals surface area contributed by atoms with Gasteiger partial charge in [0.25, 0.3) is 0 Å². The second-order valence-corrected chi connectivity index (χ2v) is 4.96. The van der Waals surface area contributed by atoms with Gasteiger partial charge in [-0.25, -0.2) is 0 Å². The zero-order chi connectivity index (χ0) is 12.3. The van der Waals surface area contributed by atoms with Crippen molar-refractivity contribution in [3.8, 4) is 0 Å². The number of Topliss-reactive ketones (excluding diaryl/α,β-unsaturated/α-hetero) is 1. The van der Waals surface area contributed by atoms with Gasteiger partial charge < -0.3 is 4.74 Å². The molecule has 0 spiro atoms. The van der Waals surface area contributed by atoms with Gasteiger partial charge in [0.1, 0.15) is 5.78 Å². The first-order valence-electron chi connectivity index (χ1n) is 6.33. The van der Waals surface area contributed by atoms with Gasteiger partial charge >= 0.3 is 0 Å². The van der Waals surface area contributed by atoms with E-state index in [1.54, 1.807) is 0 Å². The molecule has 0 unspecified atom stereocenters. The first-order chi connectivity index (χ1) is 8.16. The Labute approximate surface area is 103 Å². The zero-order valence-corrected chi connectivity index (χ0v) is 10.7. The Hall–Kier alpha value is -1.15. The lowest BCUT2D eigenvalue weighted by atomic mass is 9.90. The third-order valence-electron chi connectivity index (χ3n) is 3.55. The van der Waals surface area contributed by atoms with Crippen molar-refractivity contribution in [2.45, 2.75) is 33.1 Å². The predicted molar refractivity (Wildman–Crippen MR) is 68.2 cm³/mol. The largest absolute Gasteiger partial charge is 0.381 e. The van der Waals surface area contributed by atoms with Crippen LogP contribution in [-0.4, -0.2) is 19.0 Å². The minimum atomic E-state index is 0.212. The molecule has 1 heterocycles. The van der Waals surface area contributed by atoms with E-state index in [-0.39, 0.29) is 5.92 Å². The minimum absolute atomic E-state index is 0.212. The summed E-state index contributed by atoms with van der Waals surface area (Å²) >= 11 is 0. The highest BCUT2D eigenvalue weighted by Crippen LogP contribution is 2.19. The summed E-state index contributed by atoms with van der Waals surface area (Å²) in [5, 5.41) is 0. The number of ketones is 1. The minimum Gasteiger partial charge on any atom is -0.381 e. The highest BCUT2D eigenvalue weighted by Gasteiger charge is 2.21. The summed E-state index contributed by atoms with van der Waals surface area (Å²) in [6.45, 7) is 5.63. The van der Waals surface area contributed by atoms with Gasteiger partial charge in [0.15, 0.2) is 0 Å². The van der Waals surface area contributed by atoms with Crippen molar-refractivity contribution in [1.82, 2.24) is 0 Å². The molecule has 1 aromatic rings. The summed E-state index contributed by atoms with van der Waals surface area (Å²) in [6, 6.07) is 6.33. The Bertz CT molecular complexity index is 403. The number of hydrogen-bond acceptors (Lipinski definition) is 2. The molecule has 17 heavy (non-hydrogen) atoms. The fraction of sp³-hybridized carbons (Fsp3) is 0.533. The van der Waals surface area contributed by atoms with Crippen molar-refractivity contribution in [3.63, 3.8) is 0 Å². The van der Waals surface area contributed by atoms with Crippen molar-refractivity contribution in [2.75, 3.05) is 13.2 Å². The lowest BCUT2D eigenvalue weighted by Crippen LogP contribution is -2.24. The molecule has 1 aromatic carbocycles. The Morgan fingerprint density at radius 2 is 2.00 bits per heavy atom. The second kappa shape index (κ2) is 5.46. The number of ether oxygens (including phenoxy) is 1. The molecule has 2 rings (SSSR count). The lowest BCUT2D eigenvalue weighted by molar-refractivity contribution is -0.125. The Balaban J connectivity index is 2.04. The van der Waals surface area contributed by atoms with Crippen LogP contribution in [0.1, 0.15) is 29.5 Å². The van der Waals surface area contributed by atoms with Gasteiger partial charge in [-0.05, 0) is 37.8 Å². The number of rotatable bonds is 3. The summed E-state index contributed by atoms with van der Waals surface area (Å²) in [5.41, 5.74) is 3.63. The first kappa shape index (κ1) is 12.3. The van der Waals surface area contributed by atoms with Gasteiger partial charge in [0.2, 0.25) is 0 Å².